The predicted octanol–water partition coefficient (Wildman–Crippen LogP) is 1.27. The molecule has 2 amide bonds. The number of carbonyl (C=O) groups excluding carboxylic acids is 2. The van der Waals surface area contributed by atoms with E-state index < -0.39 is 0 Å². The molecule has 0 saturated carbocycles. The van der Waals surface area contributed by atoms with Gasteiger partial charge in [0.2, 0.25) is 5.91 Å². The first-order valence-corrected chi connectivity index (χ1v) is 8.21. The Morgan fingerprint density at radius 3 is 2.42 bits per heavy atom. The van der Waals surface area contributed by atoms with Gasteiger partial charge in [-0.25, -0.2) is 9.97 Å². The van der Waals surface area contributed by atoms with E-state index in [1.54, 1.807) is 42.2 Å². The number of piperazine rings is 1. The van der Waals surface area contributed by atoms with Crippen molar-refractivity contribution in [1.29, 1.82) is 5.26 Å². The Balaban J connectivity index is 1.67. The number of carbonyl (C=O) groups is 2. The van der Waals surface area contributed by atoms with E-state index >= 15 is 0 Å². The molecule has 26 heavy (non-hydrogen) atoms. The van der Waals surface area contributed by atoms with E-state index in [4.69, 9.17) is 5.26 Å². The van der Waals surface area contributed by atoms with Crippen LogP contribution in [0.1, 0.15) is 23.0 Å². The van der Waals surface area contributed by atoms with Gasteiger partial charge in [-0.2, -0.15) is 5.26 Å². The topological polar surface area (TPSA) is 102 Å². The summed E-state index contributed by atoms with van der Waals surface area (Å²) in [6, 6.07) is 10.3. The van der Waals surface area contributed by atoms with Gasteiger partial charge in [-0.1, -0.05) is 0 Å². The molecular formula is C18H18N6O2. The SMILES string of the molecule is CC(=O)N1CCN(c2cc(C(=O)Nc3ccc(C#N)cc3)ncn2)CC1. The van der Waals surface area contributed by atoms with Crippen molar-refractivity contribution < 1.29 is 9.59 Å². The Morgan fingerprint density at radius 1 is 1.12 bits per heavy atom. The average Bonchev–Trinajstić information content (AvgIpc) is 2.68. The number of nitriles is 1. The van der Waals surface area contributed by atoms with Gasteiger partial charge < -0.3 is 15.1 Å². The highest BCUT2D eigenvalue weighted by molar-refractivity contribution is 6.03. The van der Waals surface area contributed by atoms with E-state index in [-0.39, 0.29) is 17.5 Å². The summed E-state index contributed by atoms with van der Waals surface area (Å²) in [5.41, 5.74) is 1.37. The Morgan fingerprint density at radius 2 is 1.81 bits per heavy atom. The van der Waals surface area contributed by atoms with Gasteiger partial charge in [0, 0.05) is 44.9 Å². The van der Waals surface area contributed by atoms with Gasteiger partial charge in [-0.15, -0.1) is 0 Å². The Labute approximate surface area is 151 Å². The summed E-state index contributed by atoms with van der Waals surface area (Å²) in [6.45, 7) is 4.14. The highest BCUT2D eigenvalue weighted by Crippen LogP contribution is 2.15. The molecule has 2 heterocycles. The van der Waals surface area contributed by atoms with Crippen LogP contribution in [0.5, 0.6) is 0 Å². The Hall–Kier alpha value is -3.47. The first-order valence-electron chi connectivity index (χ1n) is 8.21. The monoisotopic (exact) mass is 350 g/mol. The molecule has 0 unspecified atom stereocenters. The molecule has 0 radical (unpaired) electrons. The zero-order valence-corrected chi connectivity index (χ0v) is 14.3. The fourth-order valence-electron chi connectivity index (χ4n) is 2.72. The molecule has 0 atom stereocenters. The molecule has 1 aliphatic rings. The third-order valence-corrected chi connectivity index (χ3v) is 4.21. The van der Waals surface area contributed by atoms with Crippen LogP contribution in [0, 0.1) is 11.3 Å². The van der Waals surface area contributed by atoms with Crippen molar-refractivity contribution in [3.05, 3.63) is 47.9 Å². The molecule has 1 aromatic heterocycles. The molecule has 1 aliphatic heterocycles. The molecule has 1 N–H and O–H groups in total. The minimum Gasteiger partial charge on any atom is -0.353 e. The van der Waals surface area contributed by atoms with Gasteiger partial charge in [-0.3, -0.25) is 9.59 Å². The number of nitrogens with zero attached hydrogens (tertiary/aromatic N) is 5. The van der Waals surface area contributed by atoms with Crippen molar-refractivity contribution >= 4 is 23.3 Å². The van der Waals surface area contributed by atoms with Crippen molar-refractivity contribution in [2.24, 2.45) is 0 Å². The summed E-state index contributed by atoms with van der Waals surface area (Å²) in [4.78, 5) is 35.9. The molecule has 132 valence electrons. The molecule has 1 aromatic carbocycles. The maximum atomic E-state index is 12.4. The van der Waals surface area contributed by atoms with Crippen molar-refractivity contribution in [2.45, 2.75) is 6.92 Å². The summed E-state index contributed by atoms with van der Waals surface area (Å²) < 4.78 is 0. The summed E-state index contributed by atoms with van der Waals surface area (Å²) in [5, 5.41) is 11.6. The van der Waals surface area contributed by atoms with Crippen molar-refractivity contribution in [3.63, 3.8) is 0 Å². The van der Waals surface area contributed by atoms with Gasteiger partial charge in [0.15, 0.2) is 0 Å². The second-order valence-electron chi connectivity index (χ2n) is 5.90. The summed E-state index contributed by atoms with van der Waals surface area (Å²) >= 11 is 0. The number of aromatic nitrogens is 2. The quantitative estimate of drug-likeness (QED) is 0.894. The van der Waals surface area contributed by atoms with Crippen LogP contribution in [0.4, 0.5) is 11.5 Å². The number of benzene rings is 1. The van der Waals surface area contributed by atoms with E-state index in [1.165, 1.54) is 6.33 Å². The Bertz CT molecular complexity index is 851. The highest BCUT2D eigenvalue weighted by Gasteiger charge is 2.20. The summed E-state index contributed by atoms with van der Waals surface area (Å²) in [7, 11) is 0. The van der Waals surface area contributed by atoms with Crippen LogP contribution < -0.4 is 10.2 Å². The standard InChI is InChI=1S/C18H18N6O2/c1-13(25)23-6-8-24(9-7-23)17-10-16(20-12-21-17)18(26)22-15-4-2-14(11-19)3-5-15/h2-5,10,12H,6-9H2,1H3,(H,22,26). The maximum absolute atomic E-state index is 12.4. The molecule has 3 rings (SSSR count). The van der Waals surface area contributed by atoms with Crippen LogP contribution in [-0.2, 0) is 4.79 Å². The fraction of sp³-hybridized carbons (Fsp3) is 0.278. The lowest BCUT2D eigenvalue weighted by Crippen LogP contribution is -2.48. The van der Waals surface area contributed by atoms with Gasteiger partial charge in [0.1, 0.15) is 17.8 Å². The lowest BCUT2D eigenvalue weighted by Gasteiger charge is -2.34. The number of hydrogen-bond donors (Lipinski definition) is 1. The number of anilines is 2. The minimum absolute atomic E-state index is 0.0646. The van der Waals surface area contributed by atoms with E-state index in [9.17, 15) is 9.59 Å². The highest BCUT2D eigenvalue weighted by atomic mass is 16.2. The molecule has 8 heteroatoms. The number of amides is 2. The second-order valence-corrected chi connectivity index (χ2v) is 5.90. The maximum Gasteiger partial charge on any atom is 0.274 e. The van der Waals surface area contributed by atoms with Crippen LogP contribution in [0.25, 0.3) is 0 Å². The number of hydrogen-bond acceptors (Lipinski definition) is 6. The molecule has 0 bridgehead atoms. The molecule has 1 fully saturated rings. The zero-order valence-electron chi connectivity index (χ0n) is 14.3. The number of rotatable bonds is 3. The van der Waals surface area contributed by atoms with Crippen LogP contribution in [0.3, 0.4) is 0 Å². The lowest BCUT2D eigenvalue weighted by molar-refractivity contribution is -0.129. The van der Waals surface area contributed by atoms with Crippen LogP contribution >= 0.6 is 0 Å². The Kier molecular flexibility index (Phi) is 5.08. The molecule has 0 aliphatic carbocycles. The van der Waals surface area contributed by atoms with Crippen molar-refractivity contribution in [2.75, 3.05) is 36.4 Å². The first kappa shape index (κ1) is 17.4. The summed E-state index contributed by atoms with van der Waals surface area (Å²) in [6.07, 6.45) is 1.36. The fourth-order valence-corrected chi connectivity index (χ4v) is 2.72. The zero-order chi connectivity index (χ0) is 18.5. The smallest absolute Gasteiger partial charge is 0.274 e. The minimum atomic E-state index is -0.347. The average molecular weight is 350 g/mol. The van der Waals surface area contributed by atoms with Gasteiger partial charge in [0.05, 0.1) is 11.6 Å². The van der Waals surface area contributed by atoms with E-state index in [0.717, 1.165) is 0 Å². The van der Waals surface area contributed by atoms with Crippen molar-refractivity contribution in [3.8, 4) is 6.07 Å². The number of nitrogens with one attached hydrogen (secondary N) is 1. The molecule has 2 aromatic rings. The van der Waals surface area contributed by atoms with Crippen LogP contribution in [0.2, 0.25) is 0 Å². The van der Waals surface area contributed by atoms with Gasteiger partial charge in [-0.05, 0) is 24.3 Å². The lowest BCUT2D eigenvalue weighted by atomic mass is 10.2. The second kappa shape index (κ2) is 7.61. The third-order valence-electron chi connectivity index (χ3n) is 4.21. The van der Waals surface area contributed by atoms with Crippen molar-refractivity contribution in [1.82, 2.24) is 14.9 Å². The van der Waals surface area contributed by atoms with Crippen LogP contribution in [0.15, 0.2) is 36.7 Å². The van der Waals surface area contributed by atoms with E-state index in [2.05, 4.69) is 15.3 Å². The van der Waals surface area contributed by atoms with Gasteiger partial charge in [0.25, 0.3) is 5.91 Å². The third kappa shape index (κ3) is 3.95. The molecule has 0 spiro atoms. The molecule has 1 saturated heterocycles. The van der Waals surface area contributed by atoms with Crippen LogP contribution in [-0.4, -0.2) is 52.9 Å². The summed E-state index contributed by atoms with van der Waals surface area (Å²) in [5.74, 6) is 0.378. The normalized spacial score (nSPS) is 13.8. The van der Waals surface area contributed by atoms with E-state index in [1.807, 2.05) is 11.0 Å². The molecule has 8 nitrogen and oxygen atoms in total. The van der Waals surface area contributed by atoms with E-state index in [0.29, 0.717) is 43.2 Å². The molecular weight excluding hydrogens is 332 g/mol. The largest absolute Gasteiger partial charge is 0.353 e. The van der Waals surface area contributed by atoms with Gasteiger partial charge >= 0.3 is 0 Å². The first-order chi connectivity index (χ1) is 12.6. The predicted molar refractivity (Wildman–Crippen MR) is 95.6 cm³/mol.